The van der Waals surface area contributed by atoms with Gasteiger partial charge in [0, 0.05) is 42.9 Å². The normalized spacial score (nSPS) is 12.0. The Hall–Kier alpha value is -2.20. The van der Waals surface area contributed by atoms with Crippen molar-refractivity contribution in [2.45, 2.75) is 27.2 Å². The Morgan fingerprint density at radius 1 is 1.25 bits per heavy atom. The van der Waals surface area contributed by atoms with Crippen molar-refractivity contribution >= 4 is 22.9 Å². The second kappa shape index (κ2) is 8.06. The van der Waals surface area contributed by atoms with E-state index in [-0.39, 0.29) is 17.9 Å². The first-order chi connectivity index (χ1) is 11.4. The highest BCUT2D eigenvalue weighted by Gasteiger charge is 2.19. The number of benzene rings is 1. The number of hydrogen-bond donors (Lipinski definition) is 1. The predicted octanol–water partition coefficient (Wildman–Crippen LogP) is 3.51. The van der Waals surface area contributed by atoms with Crippen LogP contribution in [0, 0.1) is 5.41 Å². The molecular formula is C20H26N2O2. The Kier molecular flexibility index (Phi) is 6.10. The van der Waals surface area contributed by atoms with E-state index in [0.29, 0.717) is 19.5 Å². The molecule has 2 rings (SSSR count). The first-order valence-corrected chi connectivity index (χ1v) is 8.32. The van der Waals surface area contributed by atoms with E-state index < -0.39 is 0 Å². The highest BCUT2D eigenvalue weighted by Crippen LogP contribution is 2.18. The number of rotatable bonds is 6. The molecule has 1 amide bonds. The van der Waals surface area contributed by atoms with Crippen molar-refractivity contribution in [2.24, 2.45) is 5.41 Å². The smallest absolute Gasteiger partial charge is 0.246 e. The van der Waals surface area contributed by atoms with E-state index in [1.807, 2.05) is 36.4 Å². The molecule has 0 aliphatic carbocycles. The van der Waals surface area contributed by atoms with Gasteiger partial charge < -0.3 is 10.0 Å². The fourth-order valence-corrected chi connectivity index (χ4v) is 2.63. The molecule has 24 heavy (non-hydrogen) atoms. The monoisotopic (exact) mass is 326 g/mol. The van der Waals surface area contributed by atoms with Crippen molar-refractivity contribution < 1.29 is 9.90 Å². The van der Waals surface area contributed by atoms with Gasteiger partial charge in [-0.2, -0.15) is 0 Å². The minimum atomic E-state index is -0.0358. The molecule has 1 heterocycles. The molecule has 4 heteroatoms. The number of fused-ring (bicyclic) bond motifs is 1. The van der Waals surface area contributed by atoms with Crippen molar-refractivity contribution in [3.05, 3.63) is 48.2 Å². The van der Waals surface area contributed by atoms with Gasteiger partial charge in [0.25, 0.3) is 0 Å². The van der Waals surface area contributed by atoms with Gasteiger partial charge in [0.2, 0.25) is 5.91 Å². The number of nitrogens with zero attached hydrogens (tertiary/aromatic N) is 2. The van der Waals surface area contributed by atoms with E-state index in [2.05, 4.69) is 25.8 Å². The molecule has 0 saturated heterocycles. The zero-order valence-corrected chi connectivity index (χ0v) is 14.7. The Morgan fingerprint density at radius 3 is 2.71 bits per heavy atom. The third-order valence-electron chi connectivity index (χ3n) is 3.63. The van der Waals surface area contributed by atoms with E-state index in [1.54, 1.807) is 17.2 Å². The summed E-state index contributed by atoms with van der Waals surface area (Å²) >= 11 is 0. The molecule has 0 aliphatic heterocycles. The van der Waals surface area contributed by atoms with Gasteiger partial charge in [-0.25, -0.2) is 0 Å². The number of para-hydroxylation sites is 1. The van der Waals surface area contributed by atoms with Gasteiger partial charge in [-0.3, -0.25) is 9.78 Å². The average molecular weight is 326 g/mol. The van der Waals surface area contributed by atoms with Crippen LogP contribution in [-0.4, -0.2) is 40.6 Å². The molecule has 0 aliphatic rings. The third-order valence-corrected chi connectivity index (χ3v) is 3.63. The predicted molar refractivity (Wildman–Crippen MR) is 98.5 cm³/mol. The zero-order valence-electron chi connectivity index (χ0n) is 14.7. The Bertz CT molecular complexity index is 712. The summed E-state index contributed by atoms with van der Waals surface area (Å²) in [5.74, 6) is -0.0358. The van der Waals surface area contributed by atoms with E-state index in [4.69, 9.17) is 5.11 Å². The van der Waals surface area contributed by atoms with E-state index in [0.717, 1.165) is 16.5 Å². The highest BCUT2D eigenvalue weighted by molar-refractivity contribution is 5.95. The van der Waals surface area contributed by atoms with Crippen molar-refractivity contribution in [3.63, 3.8) is 0 Å². The number of aromatic nitrogens is 1. The summed E-state index contributed by atoms with van der Waals surface area (Å²) < 4.78 is 0. The lowest BCUT2D eigenvalue weighted by molar-refractivity contribution is -0.127. The molecule has 0 unspecified atom stereocenters. The number of hydrogen-bond acceptors (Lipinski definition) is 3. The van der Waals surface area contributed by atoms with Gasteiger partial charge in [0.15, 0.2) is 0 Å². The first-order valence-electron chi connectivity index (χ1n) is 8.32. The third kappa shape index (κ3) is 5.17. The second-order valence-electron chi connectivity index (χ2n) is 7.15. The summed E-state index contributed by atoms with van der Waals surface area (Å²) in [6, 6.07) is 9.85. The summed E-state index contributed by atoms with van der Waals surface area (Å²) in [5, 5.41) is 10.1. The van der Waals surface area contributed by atoms with Crippen LogP contribution in [0.3, 0.4) is 0 Å². The summed E-state index contributed by atoms with van der Waals surface area (Å²) in [7, 11) is 0. The topological polar surface area (TPSA) is 53.4 Å². The van der Waals surface area contributed by atoms with Crippen LogP contribution in [0.15, 0.2) is 42.6 Å². The van der Waals surface area contributed by atoms with Crippen LogP contribution in [0.4, 0.5) is 0 Å². The molecule has 0 fully saturated rings. The number of carbonyl (C=O) groups excluding carboxylic acids is 1. The molecule has 128 valence electrons. The lowest BCUT2D eigenvalue weighted by atomic mass is 9.96. The summed E-state index contributed by atoms with van der Waals surface area (Å²) in [6.45, 7) is 7.61. The Morgan fingerprint density at radius 2 is 2.00 bits per heavy atom. The molecule has 0 bridgehead atoms. The summed E-state index contributed by atoms with van der Waals surface area (Å²) in [6.07, 6.45) is 5.78. The Balaban J connectivity index is 2.19. The van der Waals surface area contributed by atoms with Crippen LogP contribution in [0.25, 0.3) is 17.0 Å². The molecule has 1 N–H and O–H groups in total. The molecule has 1 aromatic heterocycles. The molecular weight excluding hydrogens is 300 g/mol. The minimum Gasteiger partial charge on any atom is -0.396 e. The van der Waals surface area contributed by atoms with Crippen molar-refractivity contribution in [2.75, 3.05) is 19.7 Å². The molecule has 0 spiro atoms. The maximum absolute atomic E-state index is 12.6. The van der Waals surface area contributed by atoms with Crippen LogP contribution in [0.1, 0.15) is 32.8 Å². The van der Waals surface area contributed by atoms with Crippen LogP contribution in [-0.2, 0) is 4.79 Å². The molecule has 1 aromatic carbocycles. The lowest BCUT2D eigenvalue weighted by Gasteiger charge is -2.29. The van der Waals surface area contributed by atoms with Gasteiger partial charge in [-0.1, -0.05) is 45.0 Å². The van der Waals surface area contributed by atoms with Crippen LogP contribution in [0.5, 0.6) is 0 Å². The van der Waals surface area contributed by atoms with Crippen molar-refractivity contribution in [1.82, 2.24) is 9.88 Å². The maximum Gasteiger partial charge on any atom is 0.246 e. The van der Waals surface area contributed by atoms with Gasteiger partial charge >= 0.3 is 0 Å². The number of pyridine rings is 1. The fraction of sp³-hybridized carbons (Fsp3) is 0.400. The van der Waals surface area contributed by atoms with Gasteiger partial charge in [-0.15, -0.1) is 0 Å². The highest BCUT2D eigenvalue weighted by atomic mass is 16.3. The number of amides is 1. The fourth-order valence-electron chi connectivity index (χ4n) is 2.63. The zero-order chi connectivity index (χ0) is 17.6. The maximum atomic E-state index is 12.6. The molecule has 4 nitrogen and oxygen atoms in total. The first kappa shape index (κ1) is 18.1. The second-order valence-corrected chi connectivity index (χ2v) is 7.15. The molecule has 0 atom stereocenters. The summed E-state index contributed by atoms with van der Waals surface area (Å²) in [5.41, 5.74) is 1.83. The quantitative estimate of drug-likeness (QED) is 0.827. The summed E-state index contributed by atoms with van der Waals surface area (Å²) in [4.78, 5) is 18.8. The number of carbonyl (C=O) groups is 1. The average Bonchev–Trinajstić information content (AvgIpc) is 2.55. The van der Waals surface area contributed by atoms with Crippen LogP contribution >= 0.6 is 0 Å². The molecule has 0 saturated carbocycles. The van der Waals surface area contributed by atoms with E-state index >= 15 is 0 Å². The number of aliphatic hydroxyl groups is 1. The van der Waals surface area contributed by atoms with Crippen molar-refractivity contribution in [3.8, 4) is 0 Å². The van der Waals surface area contributed by atoms with Crippen LogP contribution in [0.2, 0.25) is 0 Å². The minimum absolute atomic E-state index is 0.0138. The van der Waals surface area contributed by atoms with E-state index in [1.165, 1.54) is 0 Å². The van der Waals surface area contributed by atoms with E-state index in [9.17, 15) is 4.79 Å². The van der Waals surface area contributed by atoms with Crippen molar-refractivity contribution in [1.29, 1.82) is 0 Å². The SMILES string of the molecule is CC(C)(C)CN(CCCO)C(=O)/C=C/c1cccc2cccnc12. The molecule has 2 aromatic rings. The number of aliphatic hydroxyl groups excluding tert-OH is 1. The lowest BCUT2D eigenvalue weighted by Crippen LogP contribution is -2.37. The standard InChI is InChI=1S/C20H26N2O2/c1-20(2,3)15-22(13-6-14-23)18(24)11-10-17-8-4-7-16-9-5-12-21-19(16)17/h4-5,7-12,23H,6,13-15H2,1-3H3/b11-10+. The largest absolute Gasteiger partial charge is 0.396 e. The van der Waals surface area contributed by atoms with Crippen LogP contribution < -0.4 is 0 Å². The molecule has 0 radical (unpaired) electrons. The van der Waals surface area contributed by atoms with Gasteiger partial charge in [0.05, 0.1) is 5.52 Å². The van der Waals surface area contributed by atoms with Gasteiger partial charge in [0.1, 0.15) is 0 Å². The van der Waals surface area contributed by atoms with Gasteiger partial charge in [-0.05, 0) is 24.0 Å². The Labute approximate surface area is 143 Å².